The van der Waals surface area contributed by atoms with Crippen LogP contribution in [0.1, 0.15) is 10.4 Å². The van der Waals surface area contributed by atoms with Crippen molar-refractivity contribution < 1.29 is 8.42 Å². The summed E-state index contributed by atoms with van der Waals surface area (Å²) in [6, 6.07) is 5.58. The lowest BCUT2D eigenvalue weighted by molar-refractivity contribution is 0.584. The molecule has 0 atom stereocenters. The van der Waals surface area contributed by atoms with Crippen molar-refractivity contribution in [2.45, 2.75) is 17.2 Å². The van der Waals surface area contributed by atoms with Crippen molar-refractivity contribution in [1.82, 2.24) is 4.72 Å². The van der Waals surface area contributed by atoms with Crippen molar-refractivity contribution in [2.75, 3.05) is 6.54 Å². The number of hydrogen-bond donors (Lipinski definition) is 2. The molecule has 0 radical (unpaired) electrons. The number of sulfonamides is 1. The van der Waals surface area contributed by atoms with E-state index in [1.54, 1.807) is 22.8 Å². The van der Waals surface area contributed by atoms with Crippen LogP contribution in [0, 0.1) is 0 Å². The van der Waals surface area contributed by atoms with Crippen molar-refractivity contribution in [1.29, 1.82) is 0 Å². The van der Waals surface area contributed by atoms with Crippen molar-refractivity contribution in [2.24, 2.45) is 5.73 Å². The van der Waals surface area contributed by atoms with Crippen LogP contribution in [0.2, 0.25) is 0 Å². The maximum absolute atomic E-state index is 12.0. The van der Waals surface area contributed by atoms with Crippen LogP contribution in [0.5, 0.6) is 0 Å². The van der Waals surface area contributed by atoms with E-state index >= 15 is 0 Å². The lowest BCUT2D eigenvalue weighted by Gasteiger charge is -2.03. The molecule has 0 spiro atoms. The van der Waals surface area contributed by atoms with Crippen LogP contribution in [0.25, 0.3) is 0 Å². The van der Waals surface area contributed by atoms with Crippen molar-refractivity contribution in [3.63, 3.8) is 0 Å². The molecule has 0 aromatic carbocycles. The van der Waals surface area contributed by atoms with Gasteiger partial charge in [-0.2, -0.15) is 0 Å². The molecule has 18 heavy (non-hydrogen) atoms. The zero-order valence-corrected chi connectivity index (χ0v) is 12.1. The summed E-state index contributed by atoms with van der Waals surface area (Å²) < 4.78 is 26.8. The summed E-state index contributed by atoms with van der Waals surface area (Å²) in [5.41, 5.74) is 6.31. The molecular weight excluding hydrogens is 288 g/mol. The molecule has 2 heterocycles. The van der Waals surface area contributed by atoms with Crippen LogP contribution < -0.4 is 10.5 Å². The lowest BCUT2D eigenvalue weighted by Crippen LogP contribution is -2.25. The van der Waals surface area contributed by atoms with E-state index in [9.17, 15) is 8.42 Å². The summed E-state index contributed by atoms with van der Waals surface area (Å²) in [6.07, 6.45) is 0.714. The summed E-state index contributed by atoms with van der Waals surface area (Å²) in [5, 5.41) is 3.75. The Labute approximate surface area is 115 Å². The average Bonchev–Trinajstić information content (AvgIpc) is 2.99. The number of rotatable bonds is 6. The van der Waals surface area contributed by atoms with Crippen LogP contribution >= 0.6 is 22.7 Å². The van der Waals surface area contributed by atoms with Gasteiger partial charge < -0.3 is 5.73 Å². The maximum Gasteiger partial charge on any atom is 0.250 e. The zero-order chi connectivity index (χ0) is 13.0. The molecule has 0 fully saturated rings. The first kappa shape index (κ1) is 13.7. The molecule has 2 aromatic heterocycles. The first-order valence-corrected chi connectivity index (χ1v) is 8.65. The minimum atomic E-state index is -3.39. The van der Waals surface area contributed by atoms with Gasteiger partial charge >= 0.3 is 0 Å². The minimum Gasteiger partial charge on any atom is -0.326 e. The Balaban J connectivity index is 1.95. The maximum atomic E-state index is 12.0. The van der Waals surface area contributed by atoms with Gasteiger partial charge in [-0.15, -0.1) is 22.7 Å². The highest BCUT2D eigenvalue weighted by Gasteiger charge is 2.15. The second-order valence-corrected chi connectivity index (χ2v) is 7.64. The van der Waals surface area contributed by atoms with Gasteiger partial charge in [0.25, 0.3) is 0 Å². The van der Waals surface area contributed by atoms with Crippen molar-refractivity contribution in [3.05, 3.63) is 39.4 Å². The molecule has 7 heteroatoms. The van der Waals surface area contributed by atoms with E-state index in [1.807, 2.05) is 17.5 Å². The topological polar surface area (TPSA) is 72.2 Å². The molecule has 0 aliphatic carbocycles. The molecule has 0 saturated carbocycles. The molecule has 0 bridgehead atoms. The highest BCUT2D eigenvalue weighted by Crippen LogP contribution is 2.19. The molecule has 4 nitrogen and oxygen atoms in total. The SMILES string of the molecule is NCc1csc(S(=O)(=O)NCCc2cccs2)c1. The fourth-order valence-corrected chi connectivity index (χ4v) is 4.44. The molecule has 0 unspecified atom stereocenters. The second-order valence-electron chi connectivity index (χ2n) is 3.71. The quantitative estimate of drug-likeness (QED) is 0.854. The van der Waals surface area contributed by atoms with Gasteiger partial charge in [0.05, 0.1) is 0 Å². The number of thiophene rings is 2. The smallest absolute Gasteiger partial charge is 0.250 e. The third kappa shape index (κ3) is 3.39. The monoisotopic (exact) mass is 302 g/mol. The summed E-state index contributed by atoms with van der Waals surface area (Å²) >= 11 is 2.83. The van der Waals surface area contributed by atoms with Crippen LogP contribution in [0.3, 0.4) is 0 Å². The van der Waals surface area contributed by atoms with E-state index in [2.05, 4.69) is 4.72 Å². The molecule has 98 valence electrons. The Kier molecular flexibility index (Phi) is 4.52. The average molecular weight is 302 g/mol. The van der Waals surface area contributed by atoms with E-state index in [1.165, 1.54) is 16.2 Å². The molecule has 0 saturated heterocycles. The van der Waals surface area contributed by atoms with E-state index < -0.39 is 10.0 Å². The Morgan fingerprint density at radius 3 is 2.78 bits per heavy atom. The van der Waals surface area contributed by atoms with Gasteiger partial charge in [-0.05, 0) is 34.9 Å². The Morgan fingerprint density at radius 2 is 2.17 bits per heavy atom. The van der Waals surface area contributed by atoms with Gasteiger partial charge in [0.15, 0.2) is 0 Å². The van der Waals surface area contributed by atoms with E-state index in [0.717, 1.165) is 5.56 Å². The van der Waals surface area contributed by atoms with Gasteiger partial charge in [-0.3, -0.25) is 0 Å². The first-order valence-electron chi connectivity index (χ1n) is 5.41. The van der Waals surface area contributed by atoms with Gasteiger partial charge in [0.1, 0.15) is 4.21 Å². The molecule has 0 aliphatic rings. The van der Waals surface area contributed by atoms with Gasteiger partial charge in [0, 0.05) is 18.0 Å². The second kappa shape index (κ2) is 5.94. The third-order valence-electron chi connectivity index (χ3n) is 2.37. The summed E-state index contributed by atoms with van der Waals surface area (Å²) in [7, 11) is -3.39. The molecular formula is C11H14N2O2S3. The van der Waals surface area contributed by atoms with Crippen LogP contribution in [-0.2, 0) is 23.0 Å². The summed E-state index contributed by atoms with van der Waals surface area (Å²) in [6.45, 7) is 0.778. The minimum absolute atomic E-state index is 0.328. The van der Waals surface area contributed by atoms with Gasteiger partial charge in [-0.25, -0.2) is 13.1 Å². The van der Waals surface area contributed by atoms with Crippen molar-refractivity contribution >= 4 is 32.7 Å². The molecule has 3 N–H and O–H groups in total. The largest absolute Gasteiger partial charge is 0.326 e. The summed E-state index contributed by atoms with van der Waals surface area (Å²) in [5.74, 6) is 0. The Bertz CT molecular complexity index is 588. The number of nitrogens with one attached hydrogen (secondary N) is 1. The van der Waals surface area contributed by atoms with Gasteiger partial charge in [-0.1, -0.05) is 6.07 Å². The fraction of sp³-hybridized carbons (Fsp3) is 0.273. The number of nitrogens with two attached hydrogens (primary N) is 1. The number of hydrogen-bond acceptors (Lipinski definition) is 5. The van der Waals surface area contributed by atoms with Crippen LogP contribution in [0.4, 0.5) is 0 Å². The Morgan fingerprint density at radius 1 is 1.33 bits per heavy atom. The molecule has 0 amide bonds. The third-order valence-corrected chi connectivity index (χ3v) is 6.26. The standard InChI is InChI=1S/C11H14N2O2S3/c12-7-9-6-11(17-8-9)18(14,15)13-4-3-10-2-1-5-16-10/h1-2,5-6,8,13H,3-4,7,12H2. The highest BCUT2D eigenvalue weighted by molar-refractivity contribution is 7.91. The summed E-state index contributed by atoms with van der Waals surface area (Å²) in [4.78, 5) is 1.17. The van der Waals surface area contributed by atoms with E-state index in [0.29, 0.717) is 23.7 Å². The fourth-order valence-electron chi connectivity index (χ4n) is 1.44. The van der Waals surface area contributed by atoms with E-state index in [4.69, 9.17) is 5.73 Å². The van der Waals surface area contributed by atoms with Gasteiger partial charge in [0.2, 0.25) is 10.0 Å². The lowest BCUT2D eigenvalue weighted by atomic mass is 10.3. The Hall–Kier alpha value is -0.730. The van der Waals surface area contributed by atoms with Crippen molar-refractivity contribution in [3.8, 4) is 0 Å². The predicted molar refractivity (Wildman–Crippen MR) is 75.4 cm³/mol. The normalized spacial score (nSPS) is 11.8. The van der Waals surface area contributed by atoms with Crippen LogP contribution in [0.15, 0.2) is 33.2 Å². The zero-order valence-electron chi connectivity index (χ0n) is 9.63. The van der Waals surface area contributed by atoms with Crippen LogP contribution in [-0.4, -0.2) is 15.0 Å². The molecule has 0 aliphatic heterocycles. The molecule has 2 rings (SSSR count). The first-order chi connectivity index (χ1) is 8.62. The van der Waals surface area contributed by atoms with E-state index in [-0.39, 0.29) is 0 Å². The molecule has 2 aromatic rings. The highest BCUT2D eigenvalue weighted by atomic mass is 32.2. The predicted octanol–water partition coefficient (Wildman–Crippen LogP) is 1.79.